The third kappa shape index (κ3) is 5.15. The molecule has 0 spiro atoms. The molecule has 0 amide bonds. The summed E-state index contributed by atoms with van der Waals surface area (Å²) in [5, 5.41) is 0. The summed E-state index contributed by atoms with van der Waals surface area (Å²) >= 11 is 0. The first-order valence-electron chi connectivity index (χ1n) is 6.22. The van der Waals surface area contributed by atoms with Crippen molar-refractivity contribution in [3.63, 3.8) is 0 Å². The summed E-state index contributed by atoms with van der Waals surface area (Å²) in [7, 11) is 1.45. The molecule has 0 fully saturated rings. The monoisotopic (exact) mass is 222 g/mol. The van der Waals surface area contributed by atoms with E-state index in [1.165, 1.54) is 32.8 Å². The van der Waals surface area contributed by atoms with Crippen LogP contribution in [-0.2, 0) is 9.53 Å². The summed E-state index contributed by atoms with van der Waals surface area (Å²) in [6.07, 6.45) is 17.0. The maximum Gasteiger partial charge on any atom is 0.308 e. The van der Waals surface area contributed by atoms with Crippen LogP contribution < -0.4 is 0 Å². The fourth-order valence-electron chi connectivity index (χ4n) is 1.93. The summed E-state index contributed by atoms with van der Waals surface area (Å²) < 4.78 is 4.62. The molecule has 0 aromatic carbocycles. The van der Waals surface area contributed by atoms with Crippen LogP contribution in [0.15, 0.2) is 24.3 Å². The molecule has 0 heterocycles. The highest BCUT2D eigenvalue weighted by molar-refractivity contribution is 5.72. The largest absolute Gasteiger partial charge is 0.469 e. The van der Waals surface area contributed by atoms with Gasteiger partial charge in [0, 0.05) is 0 Å². The normalized spacial score (nSPS) is 23.2. The first-order chi connectivity index (χ1) is 7.84. The first kappa shape index (κ1) is 13.0. The predicted octanol–water partition coefficient (Wildman–Crippen LogP) is 3.63. The SMILES string of the molecule is C1=CCCCC1.COC(=O)C1CC=CCC1. The Hall–Kier alpha value is -1.05. The zero-order valence-corrected chi connectivity index (χ0v) is 10.2. The lowest BCUT2D eigenvalue weighted by Gasteiger charge is -2.13. The topological polar surface area (TPSA) is 26.3 Å². The van der Waals surface area contributed by atoms with Gasteiger partial charge in [0.05, 0.1) is 13.0 Å². The molecule has 0 saturated carbocycles. The van der Waals surface area contributed by atoms with E-state index in [2.05, 4.69) is 23.0 Å². The van der Waals surface area contributed by atoms with Crippen molar-refractivity contribution in [3.05, 3.63) is 24.3 Å². The van der Waals surface area contributed by atoms with E-state index in [4.69, 9.17) is 0 Å². The van der Waals surface area contributed by atoms with Crippen LogP contribution in [0.2, 0.25) is 0 Å². The van der Waals surface area contributed by atoms with Gasteiger partial charge in [0.2, 0.25) is 0 Å². The molecule has 2 nitrogen and oxygen atoms in total. The van der Waals surface area contributed by atoms with Crippen LogP contribution in [0, 0.1) is 5.92 Å². The summed E-state index contributed by atoms with van der Waals surface area (Å²) in [5.41, 5.74) is 0. The average Bonchev–Trinajstić information content (AvgIpc) is 2.41. The fraction of sp³-hybridized carbons (Fsp3) is 0.643. The van der Waals surface area contributed by atoms with Gasteiger partial charge in [-0.15, -0.1) is 0 Å². The van der Waals surface area contributed by atoms with Crippen LogP contribution in [0.1, 0.15) is 44.9 Å². The van der Waals surface area contributed by atoms with Crippen LogP contribution in [0.25, 0.3) is 0 Å². The van der Waals surface area contributed by atoms with E-state index in [-0.39, 0.29) is 11.9 Å². The Bertz CT molecular complexity index is 245. The lowest BCUT2D eigenvalue weighted by molar-refractivity contribution is -0.145. The van der Waals surface area contributed by atoms with E-state index in [1.807, 2.05) is 6.08 Å². The average molecular weight is 222 g/mol. The third-order valence-electron chi connectivity index (χ3n) is 2.96. The lowest BCUT2D eigenvalue weighted by Crippen LogP contribution is -2.16. The molecular formula is C14H22O2. The van der Waals surface area contributed by atoms with Crippen LogP contribution in [0.4, 0.5) is 0 Å². The van der Waals surface area contributed by atoms with Crippen LogP contribution >= 0.6 is 0 Å². The highest BCUT2D eigenvalue weighted by Gasteiger charge is 2.18. The minimum absolute atomic E-state index is 0.0654. The van der Waals surface area contributed by atoms with Crippen molar-refractivity contribution in [1.29, 1.82) is 0 Å². The van der Waals surface area contributed by atoms with Gasteiger partial charge in [-0.1, -0.05) is 24.3 Å². The number of hydrogen-bond acceptors (Lipinski definition) is 2. The molecule has 0 aliphatic heterocycles. The molecule has 2 heteroatoms. The molecule has 0 aromatic heterocycles. The standard InChI is InChI=1S/C8H12O2.C6H10/c1-10-8(9)7-5-3-2-4-6-7;1-2-4-6-5-3-1/h2-3,7H,4-6H2,1H3;1-2H,3-6H2. The van der Waals surface area contributed by atoms with Gasteiger partial charge in [-0.05, 0) is 44.9 Å². The van der Waals surface area contributed by atoms with Gasteiger partial charge in [-0.25, -0.2) is 0 Å². The van der Waals surface area contributed by atoms with Crippen molar-refractivity contribution in [2.45, 2.75) is 44.9 Å². The molecule has 90 valence electrons. The van der Waals surface area contributed by atoms with Gasteiger partial charge in [0.25, 0.3) is 0 Å². The quantitative estimate of drug-likeness (QED) is 0.500. The Kier molecular flexibility index (Phi) is 6.62. The van der Waals surface area contributed by atoms with Gasteiger partial charge in [-0.2, -0.15) is 0 Å². The Balaban J connectivity index is 0.000000181. The molecular weight excluding hydrogens is 200 g/mol. The lowest BCUT2D eigenvalue weighted by atomic mass is 9.95. The molecule has 1 atom stereocenters. The molecule has 2 aliphatic carbocycles. The maximum atomic E-state index is 10.9. The minimum Gasteiger partial charge on any atom is -0.469 e. The Morgan fingerprint density at radius 2 is 1.69 bits per heavy atom. The second kappa shape index (κ2) is 8.14. The molecule has 0 aromatic rings. The number of ether oxygens (including phenoxy) is 1. The number of hydrogen-bond donors (Lipinski definition) is 0. The molecule has 16 heavy (non-hydrogen) atoms. The summed E-state index contributed by atoms with van der Waals surface area (Å²) in [5.74, 6) is 0.0550. The zero-order chi connectivity index (χ0) is 11.6. The first-order valence-corrected chi connectivity index (χ1v) is 6.22. The van der Waals surface area contributed by atoms with Crippen molar-refractivity contribution >= 4 is 5.97 Å². The van der Waals surface area contributed by atoms with E-state index in [0.29, 0.717) is 0 Å². The van der Waals surface area contributed by atoms with Crippen molar-refractivity contribution in [2.24, 2.45) is 5.92 Å². The second-order valence-electron chi connectivity index (χ2n) is 4.26. The molecule has 2 rings (SSSR count). The molecule has 0 N–H and O–H groups in total. The third-order valence-corrected chi connectivity index (χ3v) is 2.96. The second-order valence-corrected chi connectivity index (χ2v) is 4.26. The van der Waals surface area contributed by atoms with Gasteiger partial charge < -0.3 is 4.74 Å². The van der Waals surface area contributed by atoms with E-state index in [1.54, 1.807) is 0 Å². The number of methoxy groups -OCH3 is 1. The van der Waals surface area contributed by atoms with E-state index in [9.17, 15) is 4.79 Å². The number of carbonyl (C=O) groups excluding carboxylic acids is 1. The van der Waals surface area contributed by atoms with Crippen molar-refractivity contribution < 1.29 is 9.53 Å². The van der Waals surface area contributed by atoms with Gasteiger partial charge in [-0.3, -0.25) is 4.79 Å². The van der Waals surface area contributed by atoms with Crippen molar-refractivity contribution in [2.75, 3.05) is 7.11 Å². The summed E-state index contributed by atoms with van der Waals surface area (Å²) in [6.45, 7) is 0. The molecule has 1 unspecified atom stereocenters. The van der Waals surface area contributed by atoms with Crippen LogP contribution in [-0.4, -0.2) is 13.1 Å². The van der Waals surface area contributed by atoms with Crippen molar-refractivity contribution in [3.8, 4) is 0 Å². The Morgan fingerprint density at radius 1 is 1.06 bits per heavy atom. The van der Waals surface area contributed by atoms with E-state index < -0.39 is 0 Å². The number of esters is 1. The predicted molar refractivity (Wildman–Crippen MR) is 66.1 cm³/mol. The maximum absolute atomic E-state index is 10.9. The molecule has 0 saturated heterocycles. The van der Waals surface area contributed by atoms with Gasteiger partial charge in [0.1, 0.15) is 0 Å². The number of rotatable bonds is 1. The molecule has 0 bridgehead atoms. The van der Waals surface area contributed by atoms with Crippen LogP contribution in [0.5, 0.6) is 0 Å². The van der Waals surface area contributed by atoms with Gasteiger partial charge >= 0.3 is 5.97 Å². The van der Waals surface area contributed by atoms with E-state index >= 15 is 0 Å². The zero-order valence-electron chi connectivity index (χ0n) is 10.2. The van der Waals surface area contributed by atoms with E-state index in [0.717, 1.165) is 19.3 Å². The molecule has 2 aliphatic rings. The number of carbonyl (C=O) groups is 1. The number of allylic oxidation sites excluding steroid dienone is 4. The Morgan fingerprint density at radius 3 is 2.06 bits per heavy atom. The summed E-state index contributed by atoms with van der Waals surface area (Å²) in [6, 6.07) is 0. The highest BCUT2D eigenvalue weighted by atomic mass is 16.5. The summed E-state index contributed by atoms with van der Waals surface area (Å²) in [4.78, 5) is 10.9. The fourth-order valence-corrected chi connectivity index (χ4v) is 1.93. The van der Waals surface area contributed by atoms with Crippen molar-refractivity contribution in [1.82, 2.24) is 0 Å². The minimum atomic E-state index is -0.0654. The smallest absolute Gasteiger partial charge is 0.308 e. The van der Waals surface area contributed by atoms with Crippen LogP contribution in [0.3, 0.4) is 0 Å². The molecule has 0 radical (unpaired) electrons. The Labute approximate surface area is 98.4 Å². The highest BCUT2D eigenvalue weighted by Crippen LogP contribution is 2.18. The van der Waals surface area contributed by atoms with Gasteiger partial charge in [0.15, 0.2) is 0 Å².